The number of aliphatic carboxylic acids is 2. The summed E-state index contributed by atoms with van der Waals surface area (Å²) in [7, 11) is 0. The molecule has 166 valence electrons. The number of hydrogen-bond donors (Lipinski definition) is 9. The Kier molecular flexibility index (Phi) is 11.8. The number of hydrogen-bond acceptors (Lipinski definition) is 9. The summed E-state index contributed by atoms with van der Waals surface area (Å²) in [6.45, 7) is 0.362. The van der Waals surface area contributed by atoms with E-state index in [0.29, 0.717) is 0 Å². The smallest absolute Gasteiger partial charge is 0.328 e. The standard InChI is InChI=1S/C15H26N4O9S/c1-6(21)11(16)14(26)17-7(2-3-10(22)23)12(24)19-9(5-29)13(25)18-8(4-20)15(27)28/h6-9,11,20-21,29H,2-5,16H2,1H3,(H,17,26)(H,18,25)(H,19,24)(H,22,23)(H,27,28). The maximum absolute atomic E-state index is 12.4. The molecule has 9 N–H and O–H groups in total. The second-order valence-corrected chi connectivity index (χ2v) is 6.45. The van der Waals surface area contributed by atoms with Crippen molar-refractivity contribution in [2.45, 2.75) is 50.0 Å². The minimum absolute atomic E-state index is 0.262. The van der Waals surface area contributed by atoms with Gasteiger partial charge in [-0.25, -0.2) is 4.79 Å². The number of carbonyl (C=O) groups is 5. The van der Waals surface area contributed by atoms with E-state index in [9.17, 15) is 29.1 Å². The molecule has 0 aliphatic heterocycles. The minimum atomic E-state index is -1.60. The van der Waals surface area contributed by atoms with Crippen LogP contribution in [0.5, 0.6) is 0 Å². The minimum Gasteiger partial charge on any atom is -0.481 e. The molecule has 5 unspecified atom stereocenters. The van der Waals surface area contributed by atoms with E-state index in [4.69, 9.17) is 21.1 Å². The van der Waals surface area contributed by atoms with Crippen LogP contribution in [0.1, 0.15) is 19.8 Å². The first-order valence-corrected chi connectivity index (χ1v) is 9.08. The van der Waals surface area contributed by atoms with Gasteiger partial charge < -0.3 is 42.1 Å². The van der Waals surface area contributed by atoms with Crippen LogP contribution in [0.15, 0.2) is 0 Å². The summed E-state index contributed by atoms with van der Waals surface area (Å²) in [4.78, 5) is 58.2. The molecule has 0 fully saturated rings. The van der Waals surface area contributed by atoms with Gasteiger partial charge in [-0.05, 0) is 13.3 Å². The fourth-order valence-electron chi connectivity index (χ4n) is 1.95. The number of nitrogens with one attached hydrogen (secondary N) is 3. The van der Waals surface area contributed by atoms with Gasteiger partial charge in [0.05, 0.1) is 12.7 Å². The number of carboxylic acid groups (broad SMARTS) is 2. The Morgan fingerprint density at radius 3 is 1.83 bits per heavy atom. The van der Waals surface area contributed by atoms with Crippen molar-refractivity contribution in [1.82, 2.24) is 16.0 Å². The number of thiol groups is 1. The van der Waals surface area contributed by atoms with E-state index >= 15 is 0 Å². The lowest BCUT2D eigenvalue weighted by molar-refractivity contribution is -0.143. The van der Waals surface area contributed by atoms with Crippen molar-refractivity contribution >= 4 is 42.3 Å². The van der Waals surface area contributed by atoms with Crippen molar-refractivity contribution in [2.24, 2.45) is 5.73 Å². The van der Waals surface area contributed by atoms with Crippen LogP contribution in [0.4, 0.5) is 0 Å². The summed E-state index contributed by atoms with van der Waals surface area (Å²) in [5, 5.41) is 42.4. The normalized spacial score (nSPS) is 15.9. The highest BCUT2D eigenvalue weighted by molar-refractivity contribution is 7.80. The Balaban J connectivity index is 5.23. The molecule has 0 aliphatic rings. The molecule has 0 heterocycles. The van der Waals surface area contributed by atoms with Crippen molar-refractivity contribution in [3.05, 3.63) is 0 Å². The summed E-state index contributed by atoms with van der Waals surface area (Å²) in [5.74, 6) is -5.82. The number of carboxylic acids is 2. The lowest BCUT2D eigenvalue weighted by Gasteiger charge is -2.24. The number of rotatable bonds is 13. The van der Waals surface area contributed by atoms with Crippen molar-refractivity contribution in [2.75, 3.05) is 12.4 Å². The van der Waals surface area contributed by atoms with Gasteiger partial charge in [0, 0.05) is 12.2 Å². The third-order valence-electron chi connectivity index (χ3n) is 3.72. The third-order valence-corrected chi connectivity index (χ3v) is 4.08. The second kappa shape index (κ2) is 12.9. The van der Waals surface area contributed by atoms with E-state index in [-0.39, 0.29) is 12.2 Å². The van der Waals surface area contributed by atoms with Crippen LogP contribution in [0, 0.1) is 0 Å². The Morgan fingerprint density at radius 2 is 1.41 bits per heavy atom. The predicted octanol–water partition coefficient (Wildman–Crippen LogP) is -3.98. The fraction of sp³-hybridized carbons (Fsp3) is 0.667. The highest BCUT2D eigenvalue weighted by Gasteiger charge is 2.30. The fourth-order valence-corrected chi connectivity index (χ4v) is 2.20. The van der Waals surface area contributed by atoms with Gasteiger partial charge in [-0.15, -0.1) is 0 Å². The summed E-state index contributed by atoms with van der Waals surface area (Å²) >= 11 is 3.90. The molecule has 0 aliphatic carbocycles. The molecule has 3 amide bonds. The van der Waals surface area contributed by atoms with Crippen molar-refractivity contribution < 1.29 is 44.4 Å². The maximum Gasteiger partial charge on any atom is 0.328 e. The van der Waals surface area contributed by atoms with Crippen LogP contribution in [-0.2, 0) is 24.0 Å². The van der Waals surface area contributed by atoms with Gasteiger partial charge in [0.1, 0.15) is 24.2 Å². The summed E-state index contributed by atoms with van der Waals surface area (Å²) in [6.07, 6.45) is -2.07. The molecule has 0 spiro atoms. The molecule has 0 aromatic rings. The summed E-state index contributed by atoms with van der Waals surface area (Å²) < 4.78 is 0. The van der Waals surface area contributed by atoms with Gasteiger partial charge in [0.2, 0.25) is 17.7 Å². The maximum atomic E-state index is 12.4. The van der Waals surface area contributed by atoms with E-state index in [2.05, 4.69) is 23.3 Å². The zero-order chi connectivity index (χ0) is 22.7. The molecule has 0 saturated carbocycles. The van der Waals surface area contributed by atoms with E-state index < -0.39 is 73.0 Å². The average molecular weight is 438 g/mol. The average Bonchev–Trinajstić information content (AvgIpc) is 2.65. The highest BCUT2D eigenvalue weighted by Crippen LogP contribution is 2.02. The van der Waals surface area contributed by atoms with Gasteiger partial charge >= 0.3 is 11.9 Å². The quantitative estimate of drug-likeness (QED) is 0.127. The molecule has 0 rings (SSSR count). The van der Waals surface area contributed by atoms with Crippen LogP contribution in [-0.4, -0.2) is 92.7 Å². The topological polar surface area (TPSA) is 228 Å². The van der Waals surface area contributed by atoms with Gasteiger partial charge in [0.25, 0.3) is 0 Å². The van der Waals surface area contributed by atoms with Crippen LogP contribution in [0.3, 0.4) is 0 Å². The number of carbonyl (C=O) groups excluding carboxylic acids is 3. The first kappa shape index (κ1) is 26.6. The van der Waals surface area contributed by atoms with E-state index in [1.165, 1.54) is 6.92 Å². The Hall–Kier alpha value is -2.42. The first-order chi connectivity index (χ1) is 13.4. The van der Waals surface area contributed by atoms with Gasteiger partial charge in [-0.3, -0.25) is 19.2 Å². The molecular weight excluding hydrogens is 412 g/mol. The Bertz CT molecular complexity index is 617. The largest absolute Gasteiger partial charge is 0.481 e. The van der Waals surface area contributed by atoms with E-state index in [0.717, 1.165) is 0 Å². The molecule has 29 heavy (non-hydrogen) atoms. The molecule has 0 bridgehead atoms. The number of amides is 3. The Labute approximate surface area is 171 Å². The first-order valence-electron chi connectivity index (χ1n) is 8.45. The van der Waals surface area contributed by atoms with Crippen molar-refractivity contribution in [3.63, 3.8) is 0 Å². The van der Waals surface area contributed by atoms with Gasteiger partial charge in [0.15, 0.2) is 0 Å². The summed E-state index contributed by atoms with van der Waals surface area (Å²) in [6, 6.07) is -5.71. The van der Waals surface area contributed by atoms with Crippen molar-refractivity contribution in [1.29, 1.82) is 0 Å². The molecule has 0 radical (unpaired) electrons. The van der Waals surface area contributed by atoms with Crippen LogP contribution >= 0.6 is 12.6 Å². The third kappa shape index (κ3) is 9.56. The number of nitrogens with two attached hydrogens (primary N) is 1. The van der Waals surface area contributed by atoms with Crippen LogP contribution < -0.4 is 21.7 Å². The molecule has 0 saturated heterocycles. The second-order valence-electron chi connectivity index (χ2n) is 6.09. The predicted molar refractivity (Wildman–Crippen MR) is 101 cm³/mol. The molecule has 13 nitrogen and oxygen atoms in total. The Morgan fingerprint density at radius 1 is 0.931 bits per heavy atom. The van der Waals surface area contributed by atoms with Crippen LogP contribution in [0.2, 0.25) is 0 Å². The molecule has 5 atom stereocenters. The van der Waals surface area contributed by atoms with Crippen LogP contribution in [0.25, 0.3) is 0 Å². The van der Waals surface area contributed by atoms with Gasteiger partial charge in [-0.1, -0.05) is 0 Å². The molecular formula is C15H26N4O9S. The van der Waals surface area contributed by atoms with E-state index in [1.54, 1.807) is 0 Å². The van der Waals surface area contributed by atoms with Gasteiger partial charge in [-0.2, -0.15) is 12.6 Å². The number of aliphatic hydroxyl groups excluding tert-OH is 2. The molecule has 0 aromatic carbocycles. The lowest BCUT2D eigenvalue weighted by Crippen LogP contribution is -2.58. The lowest BCUT2D eigenvalue weighted by atomic mass is 10.1. The monoisotopic (exact) mass is 438 g/mol. The highest BCUT2D eigenvalue weighted by atomic mass is 32.1. The SMILES string of the molecule is CC(O)C(N)C(=O)NC(CCC(=O)O)C(=O)NC(CS)C(=O)NC(CO)C(=O)O. The van der Waals surface area contributed by atoms with E-state index in [1.807, 2.05) is 5.32 Å². The number of aliphatic hydroxyl groups is 2. The zero-order valence-electron chi connectivity index (χ0n) is 15.6. The molecule has 14 heteroatoms. The zero-order valence-corrected chi connectivity index (χ0v) is 16.5. The molecule has 0 aromatic heterocycles. The summed E-state index contributed by atoms with van der Waals surface area (Å²) in [5.41, 5.74) is 5.47. The van der Waals surface area contributed by atoms with Crippen molar-refractivity contribution in [3.8, 4) is 0 Å².